The van der Waals surface area contributed by atoms with Gasteiger partial charge in [-0.3, -0.25) is 0 Å². The Morgan fingerprint density at radius 1 is 1.00 bits per heavy atom. The Kier molecular flexibility index (Phi) is 7.21. The molecule has 192 valence electrons. The smallest absolute Gasteiger partial charge is 0.204 e. The van der Waals surface area contributed by atoms with Crippen LogP contribution in [0.15, 0.2) is 60.8 Å². The lowest BCUT2D eigenvalue weighted by molar-refractivity contribution is 0.281. The highest BCUT2D eigenvalue weighted by molar-refractivity contribution is 6.33. The van der Waals surface area contributed by atoms with Crippen molar-refractivity contribution in [2.45, 2.75) is 19.6 Å². The van der Waals surface area contributed by atoms with Gasteiger partial charge < -0.3 is 29.4 Å². The van der Waals surface area contributed by atoms with Gasteiger partial charge in [0.2, 0.25) is 5.95 Å². The number of H-pyrrole nitrogens is 1. The molecule has 1 aliphatic rings. The number of methoxy groups -OCH3 is 2. The number of imidazole rings is 1. The molecule has 1 atom stereocenters. The number of ether oxygens (including phenoxy) is 2. The molecular weight excluding hydrogens is 490 g/mol. The number of piperazine rings is 1. The van der Waals surface area contributed by atoms with Gasteiger partial charge in [-0.2, -0.15) is 0 Å². The standard InChI is InChI=1S/C28H30ClN5O3/c1-18-16-33(27-24(29)14-19(17-35)15-30-27)12-13-34(18)28-31-25(20-4-8-22(36-2)9-5-20)26(32-28)21-6-10-23(37-3)11-7-21/h4-11,14-15,18,35H,12-13,16-17H2,1-3H3,(H,31,32). The number of nitrogens with one attached hydrogen (secondary N) is 1. The summed E-state index contributed by atoms with van der Waals surface area (Å²) in [5.74, 6) is 3.16. The summed E-state index contributed by atoms with van der Waals surface area (Å²) in [7, 11) is 3.33. The van der Waals surface area contributed by atoms with Crippen LogP contribution in [0.3, 0.4) is 0 Å². The van der Waals surface area contributed by atoms with E-state index in [1.165, 1.54) is 0 Å². The second-order valence-corrected chi connectivity index (χ2v) is 9.44. The Bertz CT molecular complexity index is 1290. The average molecular weight is 520 g/mol. The summed E-state index contributed by atoms with van der Waals surface area (Å²) in [4.78, 5) is 17.6. The molecule has 0 radical (unpaired) electrons. The van der Waals surface area contributed by atoms with Crippen LogP contribution in [0.4, 0.5) is 11.8 Å². The highest BCUT2D eigenvalue weighted by Gasteiger charge is 2.29. The molecule has 2 N–H and O–H groups in total. The zero-order valence-electron chi connectivity index (χ0n) is 21.1. The fraction of sp³-hybridized carbons (Fsp3) is 0.286. The number of hydrogen-bond donors (Lipinski definition) is 2. The van der Waals surface area contributed by atoms with Gasteiger partial charge in [-0.1, -0.05) is 11.6 Å². The van der Waals surface area contributed by atoms with Gasteiger partial charge in [0.25, 0.3) is 0 Å². The number of aliphatic hydroxyl groups excluding tert-OH is 1. The molecule has 2 aromatic heterocycles. The van der Waals surface area contributed by atoms with Gasteiger partial charge in [0.05, 0.1) is 37.2 Å². The van der Waals surface area contributed by atoms with Crippen LogP contribution in [0.25, 0.3) is 22.5 Å². The van der Waals surface area contributed by atoms with E-state index in [0.717, 1.165) is 65.4 Å². The van der Waals surface area contributed by atoms with Crippen molar-refractivity contribution in [3.63, 3.8) is 0 Å². The molecule has 0 spiro atoms. The predicted molar refractivity (Wildman–Crippen MR) is 147 cm³/mol. The van der Waals surface area contributed by atoms with E-state index in [1.807, 2.05) is 48.5 Å². The maximum Gasteiger partial charge on any atom is 0.204 e. The predicted octanol–water partition coefficient (Wildman–Crippen LogP) is 5.02. The number of aromatic amines is 1. The summed E-state index contributed by atoms with van der Waals surface area (Å²) in [5.41, 5.74) is 4.55. The molecule has 0 amide bonds. The summed E-state index contributed by atoms with van der Waals surface area (Å²) in [6.45, 7) is 4.32. The molecule has 3 heterocycles. The number of aromatic nitrogens is 3. The molecule has 8 nitrogen and oxygen atoms in total. The summed E-state index contributed by atoms with van der Waals surface area (Å²) in [6.07, 6.45) is 1.67. The second kappa shape index (κ2) is 10.7. The van der Waals surface area contributed by atoms with E-state index in [9.17, 15) is 5.11 Å². The molecule has 37 heavy (non-hydrogen) atoms. The van der Waals surface area contributed by atoms with Crippen molar-refractivity contribution in [3.05, 3.63) is 71.4 Å². The van der Waals surface area contributed by atoms with E-state index in [-0.39, 0.29) is 12.6 Å². The van der Waals surface area contributed by atoms with E-state index in [2.05, 4.69) is 26.7 Å². The first kappa shape index (κ1) is 24.9. The largest absolute Gasteiger partial charge is 0.497 e. The zero-order chi connectivity index (χ0) is 25.9. The van der Waals surface area contributed by atoms with Crippen LogP contribution in [0.2, 0.25) is 5.02 Å². The maximum atomic E-state index is 9.37. The van der Waals surface area contributed by atoms with Crippen LogP contribution in [-0.2, 0) is 6.61 Å². The van der Waals surface area contributed by atoms with Crippen molar-refractivity contribution >= 4 is 23.4 Å². The van der Waals surface area contributed by atoms with E-state index in [0.29, 0.717) is 10.6 Å². The van der Waals surface area contributed by atoms with Crippen molar-refractivity contribution < 1.29 is 14.6 Å². The molecule has 0 saturated carbocycles. The van der Waals surface area contributed by atoms with Crippen LogP contribution >= 0.6 is 11.6 Å². The Hall–Kier alpha value is -3.75. The molecule has 2 aromatic carbocycles. The lowest BCUT2D eigenvalue weighted by atomic mass is 10.0. The Morgan fingerprint density at radius 3 is 2.22 bits per heavy atom. The number of pyridine rings is 1. The third kappa shape index (κ3) is 5.08. The van der Waals surface area contributed by atoms with Crippen molar-refractivity contribution in [2.24, 2.45) is 0 Å². The van der Waals surface area contributed by atoms with Crippen LogP contribution in [0.5, 0.6) is 11.5 Å². The number of aliphatic hydroxyl groups is 1. The fourth-order valence-electron chi connectivity index (χ4n) is 4.68. The highest BCUT2D eigenvalue weighted by Crippen LogP contribution is 2.35. The van der Waals surface area contributed by atoms with Crippen molar-refractivity contribution in [3.8, 4) is 34.0 Å². The first-order valence-corrected chi connectivity index (χ1v) is 12.5. The first-order chi connectivity index (χ1) is 18.0. The van der Waals surface area contributed by atoms with Gasteiger partial charge in [-0.25, -0.2) is 9.97 Å². The fourth-order valence-corrected chi connectivity index (χ4v) is 4.98. The SMILES string of the molecule is COc1ccc(-c2nc(N3CCN(c4ncc(CO)cc4Cl)CC3C)[nH]c2-c2ccc(OC)cc2)cc1. The van der Waals surface area contributed by atoms with Gasteiger partial charge in [0.15, 0.2) is 0 Å². The Labute approximate surface area is 221 Å². The van der Waals surface area contributed by atoms with Crippen LogP contribution in [0, 0.1) is 0 Å². The summed E-state index contributed by atoms with van der Waals surface area (Å²) in [5, 5.41) is 9.92. The minimum Gasteiger partial charge on any atom is -0.497 e. The van der Waals surface area contributed by atoms with Crippen molar-refractivity contribution in [2.75, 3.05) is 43.7 Å². The highest BCUT2D eigenvalue weighted by atomic mass is 35.5. The monoisotopic (exact) mass is 519 g/mol. The first-order valence-electron chi connectivity index (χ1n) is 12.2. The Balaban J connectivity index is 1.45. The van der Waals surface area contributed by atoms with Crippen LogP contribution in [0.1, 0.15) is 12.5 Å². The van der Waals surface area contributed by atoms with E-state index in [4.69, 9.17) is 26.1 Å². The van der Waals surface area contributed by atoms with E-state index < -0.39 is 0 Å². The Morgan fingerprint density at radius 2 is 1.65 bits per heavy atom. The van der Waals surface area contributed by atoms with Gasteiger partial charge in [0.1, 0.15) is 17.3 Å². The third-order valence-corrected chi connectivity index (χ3v) is 6.97. The third-order valence-electron chi connectivity index (χ3n) is 6.69. The number of nitrogens with zero attached hydrogens (tertiary/aromatic N) is 4. The minimum atomic E-state index is -0.0806. The van der Waals surface area contributed by atoms with Gasteiger partial charge in [-0.15, -0.1) is 0 Å². The molecule has 0 bridgehead atoms. The lowest BCUT2D eigenvalue weighted by Crippen LogP contribution is -2.52. The maximum absolute atomic E-state index is 9.37. The summed E-state index contributed by atoms with van der Waals surface area (Å²) in [6, 6.07) is 17.8. The van der Waals surface area contributed by atoms with E-state index in [1.54, 1.807) is 26.5 Å². The molecule has 1 fully saturated rings. The number of anilines is 2. The molecular formula is C28H30ClN5O3. The van der Waals surface area contributed by atoms with Crippen molar-refractivity contribution in [1.29, 1.82) is 0 Å². The molecule has 1 saturated heterocycles. The minimum absolute atomic E-state index is 0.0806. The average Bonchev–Trinajstić information content (AvgIpc) is 3.38. The summed E-state index contributed by atoms with van der Waals surface area (Å²) < 4.78 is 10.7. The summed E-state index contributed by atoms with van der Waals surface area (Å²) >= 11 is 6.48. The lowest BCUT2D eigenvalue weighted by Gasteiger charge is -2.40. The van der Waals surface area contributed by atoms with E-state index >= 15 is 0 Å². The zero-order valence-corrected chi connectivity index (χ0v) is 21.9. The van der Waals surface area contributed by atoms with Gasteiger partial charge in [0, 0.05) is 43.0 Å². The quantitative estimate of drug-likeness (QED) is 0.354. The molecule has 9 heteroatoms. The molecule has 1 aliphatic heterocycles. The number of halogens is 1. The molecule has 0 aliphatic carbocycles. The number of benzene rings is 2. The van der Waals surface area contributed by atoms with Crippen LogP contribution < -0.4 is 19.3 Å². The number of hydrogen-bond acceptors (Lipinski definition) is 7. The van der Waals surface area contributed by atoms with Crippen LogP contribution in [-0.4, -0.2) is 60.0 Å². The van der Waals surface area contributed by atoms with Gasteiger partial charge in [-0.05, 0) is 67.1 Å². The molecule has 4 aromatic rings. The second-order valence-electron chi connectivity index (χ2n) is 9.04. The molecule has 1 unspecified atom stereocenters. The number of rotatable bonds is 7. The molecule has 5 rings (SSSR count). The van der Waals surface area contributed by atoms with Gasteiger partial charge >= 0.3 is 0 Å². The normalized spacial score (nSPS) is 15.6. The topological polar surface area (TPSA) is 86.7 Å². The van der Waals surface area contributed by atoms with Crippen molar-refractivity contribution in [1.82, 2.24) is 15.0 Å².